The zero-order chi connectivity index (χ0) is 24.5. The lowest BCUT2D eigenvalue weighted by Crippen LogP contribution is -2.21. The molecular formula is C25H24BrN3O4S. The molecule has 1 unspecified atom stereocenters. The molecule has 9 heteroatoms. The molecule has 0 fully saturated rings. The van der Waals surface area contributed by atoms with Gasteiger partial charge in [0, 0.05) is 32.3 Å². The highest BCUT2D eigenvalue weighted by Crippen LogP contribution is 2.22. The van der Waals surface area contributed by atoms with Crippen LogP contribution in [0.15, 0.2) is 76.3 Å². The smallest absolute Gasteiger partial charge is 0.273 e. The average Bonchev–Trinajstić information content (AvgIpc) is 2.81. The Labute approximate surface area is 208 Å². The van der Waals surface area contributed by atoms with Crippen LogP contribution in [-0.2, 0) is 16.6 Å². The predicted octanol–water partition coefficient (Wildman–Crippen LogP) is 4.01. The van der Waals surface area contributed by atoms with E-state index >= 15 is 0 Å². The summed E-state index contributed by atoms with van der Waals surface area (Å²) in [5.74, 6) is -0.463. The third-order valence-electron chi connectivity index (χ3n) is 4.77. The largest absolute Gasteiger partial charge is 0.395 e. The number of aliphatic hydroxyl groups excluding tert-OH is 1. The molecule has 0 saturated heterocycles. The normalized spacial score (nSPS) is 11.9. The Hall–Kier alpha value is -3.14. The van der Waals surface area contributed by atoms with E-state index in [1.807, 2.05) is 31.2 Å². The fourth-order valence-electron chi connectivity index (χ4n) is 3.05. The highest BCUT2D eigenvalue weighted by atomic mass is 79.9. The van der Waals surface area contributed by atoms with Gasteiger partial charge in [-0.1, -0.05) is 57.9 Å². The Bertz CT molecular complexity index is 1230. The summed E-state index contributed by atoms with van der Waals surface area (Å²) in [5, 5.41) is 15.7. The van der Waals surface area contributed by atoms with Crippen molar-refractivity contribution in [1.29, 1.82) is 0 Å². The summed E-state index contributed by atoms with van der Waals surface area (Å²) in [5.41, 5.74) is 6.11. The zero-order valence-electron chi connectivity index (χ0n) is 18.5. The van der Waals surface area contributed by atoms with E-state index < -0.39 is 22.6 Å². The van der Waals surface area contributed by atoms with Crippen LogP contribution in [0, 0.1) is 6.92 Å². The summed E-state index contributed by atoms with van der Waals surface area (Å²) >= 11 is 3.35. The maximum absolute atomic E-state index is 12.9. The van der Waals surface area contributed by atoms with Crippen molar-refractivity contribution < 1.29 is 18.9 Å². The second-order valence-corrected chi connectivity index (χ2v) is 9.96. The number of hydrazone groups is 1. The molecule has 2 amide bonds. The van der Waals surface area contributed by atoms with Crippen LogP contribution in [0.5, 0.6) is 0 Å². The SMILES string of the molecule is Cc1ccc(C=NNC(=O)c2cc(Br)ccc2NC(=O)c2cccc(CS(=O)CCO)c2)cc1. The van der Waals surface area contributed by atoms with Gasteiger partial charge in [0.25, 0.3) is 11.8 Å². The van der Waals surface area contributed by atoms with Gasteiger partial charge in [-0.05, 0) is 48.4 Å². The molecule has 3 aromatic rings. The van der Waals surface area contributed by atoms with E-state index in [0.29, 0.717) is 15.7 Å². The molecule has 0 bridgehead atoms. The van der Waals surface area contributed by atoms with Crippen molar-refractivity contribution >= 4 is 50.4 Å². The van der Waals surface area contributed by atoms with Gasteiger partial charge in [-0.3, -0.25) is 13.8 Å². The average molecular weight is 542 g/mol. The monoisotopic (exact) mass is 541 g/mol. The molecule has 0 saturated carbocycles. The second-order valence-electron chi connectivity index (χ2n) is 7.47. The molecule has 0 spiro atoms. The predicted molar refractivity (Wildman–Crippen MR) is 139 cm³/mol. The van der Waals surface area contributed by atoms with Crippen molar-refractivity contribution in [2.24, 2.45) is 5.10 Å². The number of amides is 2. The molecule has 0 aliphatic heterocycles. The number of halogens is 1. The zero-order valence-corrected chi connectivity index (χ0v) is 20.9. The highest BCUT2D eigenvalue weighted by molar-refractivity contribution is 9.10. The lowest BCUT2D eigenvalue weighted by atomic mass is 10.1. The van der Waals surface area contributed by atoms with E-state index in [9.17, 15) is 13.8 Å². The molecule has 3 rings (SSSR count). The van der Waals surface area contributed by atoms with E-state index in [4.69, 9.17) is 5.11 Å². The molecule has 3 N–H and O–H groups in total. The van der Waals surface area contributed by atoms with Crippen molar-refractivity contribution in [1.82, 2.24) is 5.43 Å². The summed E-state index contributed by atoms with van der Waals surface area (Å²) in [6.07, 6.45) is 1.54. The van der Waals surface area contributed by atoms with Crippen LogP contribution >= 0.6 is 15.9 Å². The first-order chi connectivity index (χ1) is 16.4. The van der Waals surface area contributed by atoms with Gasteiger partial charge in [0.1, 0.15) is 0 Å². The molecule has 1 atom stereocenters. The lowest BCUT2D eigenvalue weighted by Gasteiger charge is -2.11. The van der Waals surface area contributed by atoms with E-state index in [2.05, 4.69) is 31.8 Å². The number of hydrogen-bond donors (Lipinski definition) is 3. The van der Waals surface area contributed by atoms with Crippen molar-refractivity contribution in [3.05, 3.63) is 99.0 Å². The Kier molecular flexibility index (Phi) is 9.26. The molecular weight excluding hydrogens is 518 g/mol. The lowest BCUT2D eigenvalue weighted by molar-refractivity contribution is 0.0956. The van der Waals surface area contributed by atoms with E-state index in [1.165, 1.54) is 0 Å². The Morgan fingerprint density at radius 1 is 1.06 bits per heavy atom. The third-order valence-corrected chi connectivity index (χ3v) is 6.55. The van der Waals surface area contributed by atoms with Crippen molar-refractivity contribution in [2.45, 2.75) is 12.7 Å². The molecule has 0 heterocycles. The van der Waals surface area contributed by atoms with E-state index in [-0.39, 0.29) is 23.7 Å². The van der Waals surface area contributed by atoms with Gasteiger partial charge < -0.3 is 10.4 Å². The Morgan fingerprint density at radius 2 is 1.82 bits per heavy atom. The van der Waals surface area contributed by atoms with Crippen LogP contribution in [-0.4, -0.2) is 39.7 Å². The fourth-order valence-corrected chi connectivity index (χ4v) is 4.31. The van der Waals surface area contributed by atoms with Crippen LogP contribution in [0.2, 0.25) is 0 Å². The van der Waals surface area contributed by atoms with Gasteiger partial charge >= 0.3 is 0 Å². The number of aliphatic hydroxyl groups is 1. The Morgan fingerprint density at radius 3 is 2.56 bits per heavy atom. The van der Waals surface area contributed by atoms with Gasteiger partial charge in [-0.2, -0.15) is 5.10 Å². The second kappa shape index (κ2) is 12.4. The Balaban J connectivity index is 1.73. The number of carbonyl (C=O) groups excluding carboxylic acids is 2. The van der Waals surface area contributed by atoms with Crippen molar-refractivity contribution in [3.8, 4) is 0 Å². The van der Waals surface area contributed by atoms with Gasteiger partial charge in [0.05, 0.1) is 24.1 Å². The minimum absolute atomic E-state index is 0.156. The van der Waals surface area contributed by atoms with Crippen LogP contribution in [0.4, 0.5) is 5.69 Å². The summed E-state index contributed by atoms with van der Waals surface area (Å²) in [7, 11) is -1.21. The first kappa shape index (κ1) is 25.5. The molecule has 0 aromatic heterocycles. The number of hydrogen-bond acceptors (Lipinski definition) is 5. The number of aryl methyl sites for hydroxylation is 1. The van der Waals surface area contributed by atoms with Crippen LogP contribution in [0.3, 0.4) is 0 Å². The fraction of sp³-hybridized carbons (Fsp3) is 0.160. The van der Waals surface area contributed by atoms with Crippen LogP contribution in [0.25, 0.3) is 0 Å². The summed E-state index contributed by atoms with van der Waals surface area (Å²) in [4.78, 5) is 25.6. The third kappa shape index (κ3) is 7.44. The summed E-state index contributed by atoms with van der Waals surface area (Å²) in [6.45, 7) is 1.83. The molecule has 0 aliphatic rings. The van der Waals surface area contributed by atoms with Gasteiger partial charge in [-0.25, -0.2) is 5.43 Å². The van der Waals surface area contributed by atoms with Gasteiger partial charge in [0.2, 0.25) is 0 Å². The quantitative estimate of drug-likeness (QED) is 0.281. The maximum atomic E-state index is 12.9. The van der Waals surface area contributed by atoms with Crippen molar-refractivity contribution in [3.63, 3.8) is 0 Å². The number of carbonyl (C=O) groups is 2. The van der Waals surface area contributed by atoms with E-state index in [0.717, 1.165) is 16.7 Å². The minimum Gasteiger partial charge on any atom is -0.395 e. The minimum atomic E-state index is -1.21. The highest BCUT2D eigenvalue weighted by Gasteiger charge is 2.15. The first-order valence-electron chi connectivity index (χ1n) is 10.4. The van der Waals surface area contributed by atoms with E-state index in [1.54, 1.807) is 48.7 Å². The number of benzene rings is 3. The molecule has 7 nitrogen and oxygen atoms in total. The van der Waals surface area contributed by atoms with Gasteiger partial charge in [0.15, 0.2) is 0 Å². The number of rotatable bonds is 9. The van der Waals surface area contributed by atoms with Crippen molar-refractivity contribution in [2.75, 3.05) is 17.7 Å². The van der Waals surface area contributed by atoms with Gasteiger partial charge in [-0.15, -0.1) is 0 Å². The molecule has 0 aliphatic carbocycles. The number of nitrogens with one attached hydrogen (secondary N) is 2. The first-order valence-corrected chi connectivity index (χ1v) is 12.7. The molecule has 3 aromatic carbocycles. The van der Waals surface area contributed by atoms with Crippen LogP contribution < -0.4 is 10.7 Å². The topological polar surface area (TPSA) is 108 Å². The standard InChI is InChI=1S/C25H24BrN3O4S/c1-17-5-7-18(8-6-17)15-27-29-25(32)22-14-21(26)9-10-23(22)28-24(31)20-4-2-3-19(13-20)16-34(33)12-11-30/h2-10,13-15,30H,11-12,16H2,1H3,(H,28,31)(H,29,32). The molecule has 34 heavy (non-hydrogen) atoms. The molecule has 0 radical (unpaired) electrons. The summed E-state index contributed by atoms with van der Waals surface area (Å²) in [6, 6.07) is 19.4. The molecule has 176 valence electrons. The van der Waals surface area contributed by atoms with Crippen LogP contribution in [0.1, 0.15) is 37.4 Å². The number of anilines is 1. The summed E-state index contributed by atoms with van der Waals surface area (Å²) < 4.78 is 12.6. The number of nitrogens with zero attached hydrogens (tertiary/aromatic N) is 1. The maximum Gasteiger partial charge on any atom is 0.273 e.